The van der Waals surface area contributed by atoms with Gasteiger partial charge in [0.1, 0.15) is 0 Å². The summed E-state index contributed by atoms with van der Waals surface area (Å²) in [6.07, 6.45) is 0. The molecular weight excluding hydrogens is 326 g/mol. The maximum atomic E-state index is 12.2. The van der Waals surface area contributed by atoms with Crippen LogP contribution in [0.4, 0.5) is 0 Å². The molecular formula is C13H14BrN3OS. The Bertz CT molecular complexity index is 624. The van der Waals surface area contributed by atoms with Gasteiger partial charge >= 0.3 is 0 Å². The van der Waals surface area contributed by atoms with Gasteiger partial charge in [0, 0.05) is 10.0 Å². The van der Waals surface area contributed by atoms with E-state index < -0.39 is 0 Å². The molecule has 0 unspecified atom stereocenters. The minimum absolute atomic E-state index is 0.0686. The van der Waals surface area contributed by atoms with E-state index in [2.05, 4.69) is 30.8 Å². The highest BCUT2D eigenvalue weighted by Crippen LogP contribution is 2.21. The van der Waals surface area contributed by atoms with Crippen LogP contribution in [0.15, 0.2) is 16.6 Å². The second kappa shape index (κ2) is 5.79. The van der Waals surface area contributed by atoms with Crippen LogP contribution in [-0.4, -0.2) is 15.5 Å². The lowest BCUT2D eigenvalue weighted by Crippen LogP contribution is -2.23. The molecule has 1 aromatic carbocycles. The summed E-state index contributed by atoms with van der Waals surface area (Å²) in [5.74, 6) is -0.0686. The van der Waals surface area contributed by atoms with E-state index in [1.165, 1.54) is 11.5 Å². The molecule has 1 N–H and O–H groups in total. The maximum Gasteiger partial charge on any atom is 0.251 e. The van der Waals surface area contributed by atoms with Gasteiger partial charge in [0.05, 0.1) is 17.1 Å². The fraction of sp³-hybridized carbons (Fsp3) is 0.308. The van der Waals surface area contributed by atoms with Crippen LogP contribution in [0.1, 0.15) is 32.1 Å². The van der Waals surface area contributed by atoms with Gasteiger partial charge in [0.25, 0.3) is 5.91 Å². The van der Waals surface area contributed by atoms with Crippen LogP contribution in [0.2, 0.25) is 0 Å². The summed E-state index contributed by atoms with van der Waals surface area (Å²) < 4.78 is 4.87. The Morgan fingerprint density at radius 3 is 2.68 bits per heavy atom. The van der Waals surface area contributed by atoms with Crippen molar-refractivity contribution in [2.75, 3.05) is 0 Å². The van der Waals surface area contributed by atoms with Gasteiger partial charge in [0.2, 0.25) is 0 Å². The molecule has 0 aliphatic rings. The first kappa shape index (κ1) is 14.1. The Balaban J connectivity index is 2.12. The second-order valence-electron chi connectivity index (χ2n) is 4.38. The number of amides is 1. The fourth-order valence-electron chi connectivity index (χ4n) is 1.69. The summed E-state index contributed by atoms with van der Waals surface area (Å²) in [5, 5.41) is 6.83. The summed E-state index contributed by atoms with van der Waals surface area (Å²) in [6.45, 7) is 6.26. The van der Waals surface area contributed by atoms with Crippen LogP contribution in [-0.2, 0) is 6.54 Å². The first-order chi connectivity index (χ1) is 8.99. The molecule has 0 saturated heterocycles. The predicted molar refractivity (Wildman–Crippen MR) is 79.4 cm³/mol. The summed E-state index contributed by atoms with van der Waals surface area (Å²) in [6, 6.07) is 3.86. The first-order valence-corrected chi connectivity index (χ1v) is 7.38. The van der Waals surface area contributed by atoms with Crippen molar-refractivity contribution < 1.29 is 4.79 Å². The van der Waals surface area contributed by atoms with Crippen molar-refractivity contribution in [3.05, 3.63) is 43.9 Å². The van der Waals surface area contributed by atoms with E-state index in [1.54, 1.807) is 0 Å². The number of hydrogen-bond donors (Lipinski definition) is 1. The highest BCUT2D eigenvalue weighted by Gasteiger charge is 2.12. The molecule has 100 valence electrons. The van der Waals surface area contributed by atoms with E-state index in [0.29, 0.717) is 12.1 Å². The highest BCUT2D eigenvalue weighted by molar-refractivity contribution is 9.10. The summed E-state index contributed by atoms with van der Waals surface area (Å²) in [5.41, 5.74) is 3.57. The van der Waals surface area contributed by atoms with Gasteiger partial charge in [0.15, 0.2) is 0 Å². The summed E-state index contributed by atoms with van der Waals surface area (Å²) in [7, 11) is 0. The van der Waals surface area contributed by atoms with E-state index in [4.69, 9.17) is 0 Å². The topological polar surface area (TPSA) is 54.9 Å². The fourth-order valence-corrected chi connectivity index (χ4v) is 2.72. The molecule has 1 heterocycles. The van der Waals surface area contributed by atoms with Crippen molar-refractivity contribution >= 4 is 33.4 Å². The molecule has 2 aromatic rings. The Hall–Kier alpha value is -1.27. The zero-order valence-electron chi connectivity index (χ0n) is 11.0. The van der Waals surface area contributed by atoms with Crippen molar-refractivity contribution in [3.63, 3.8) is 0 Å². The van der Waals surface area contributed by atoms with Crippen molar-refractivity contribution in [2.24, 2.45) is 0 Å². The lowest BCUT2D eigenvalue weighted by Gasteiger charge is -2.09. The molecule has 0 fully saturated rings. The number of aromatic nitrogens is 2. The van der Waals surface area contributed by atoms with Crippen molar-refractivity contribution in [1.82, 2.24) is 14.9 Å². The number of aryl methyl sites for hydroxylation is 3. The minimum Gasteiger partial charge on any atom is -0.347 e. The number of nitrogens with one attached hydrogen (secondary N) is 1. The number of halogens is 1. The summed E-state index contributed by atoms with van der Waals surface area (Å²) in [4.78, 5) is 13.2. The van der Waals surface area contributed by atoms with Crippen LogP contribution in [0.3, 0.4) is 0 Å². The van der Waals surface area contributed by atoms with E-state index in [1.807, 2.05) is 32.9 Å². The Morgan fingerprint density at radius 2 is 2.05 bits per heavy atom. The van der Waals surface area contributed by atoms with E-state index in [0.717, 1.165) is 26.2 Å². The monoisotopic (exact) mass is 339 g/mol. The zero-order valence-corrected chi connectivity index (χ0v) is 13.4. The van der Waals surface area contributed by atoms with Gasteiger partial charge in [-0.1, -0.05) is 20.4 Å². The molecule has 19 heavy (non-hydrogen) atoms. The summed E-state index contributed by atoms with van der Waals surface area (Å²) >= 11 is 4.78. The number of nitrogens with zero attached hydrogens (tertiary/aromatic N) is 2. The van der Waals surface area contributed by atoms with Crippen molar-refractivity contribution in [1.29, 1.82) is 0 Å². The van der Waals surface area contributed by atoms with Gasteiger partial charge in [-0.3, -0.25) is 4.79 Å². The third-order valence-electron chi connectivity index (χ3n) is 2.91. The number of rotatable bonds is 3. The molecule has 1 aromatic heterocycles. The Morgan fingerprint density at radius 1 is 1.32 bits per heavy atom. The Labute approximate surface area is 124 Å². The largest absolute Gasteiger partial charge is 0.347 e. The minimum atomic E-state index is -0.0686. The molecule has 4 nitrogen and oxygen atoms in total. The first-order valence-electron chi connectivity index (χ1n) is 5.82. The van der Waals surface area contributed by atoms with Gasteiger partial charge < -0.3 is 5.32 Å². The van der Waals surface area contributed by atoms with Crippen LogP contribution >= 0.6 is 27.5 Å². The lowest BCUT2D eigenvalue weighted by molar-refractivity contribution is 0.0950. The van der Waals surface area contributed by atoms with Gasteiger partial charge in [-0.05, 0) is 55.6 Å². The SMILES string of the molecule is Cc1cc(C(=O)NCc2snnc2C)c(C)cc1Br. The van der Waals surface area contributed by atoms with Crippen molar-refractivity contribution in [3.8, 4) is 0 Å². The molecule has 1 amide bonds. The maximum absolute atomic E-state index is 12.2. The van der Waals surface area contributed by atoms with Gasteiger partial charge in [-0.15, -0.1) is 5.10 Å². The molecule has 0 bridgehead atoms. The predicted octanol–water partition coefficient (Wildman–Crippen LogP) is 3.16. The second-order valence-corrected chi connectivity index (χ2v) is 6.07. The van der Waals surface area contributed by atoms with Crippen LogP contribution in [0.5, 0.6) is 0 Å². The molecule has 2 rings (SSSR count). The average Bonchev–Trinajstić information content (AvgIpc) is 2.76. The molecule has 0 aliphatic heterocycles. The molecule has 6 heteroatoms. The average molecular weight is 340 g/mol. The third-order valence-corrected chi connectivity index (χ3v) is 4.58. The van der Waals surface area contributed by atoms with Crippen LogP contribution < -0.4 is 5.32 Å². The molecule has 0 atom stereocenters. The quantitative estimate of drug-likeness (QED) is 0.934. The lowest BCUT2D eigenvalue weighted by atomic mass is 10.1. The third kappa shape index (κ3) is 3.19. The normalized spacial score (nSPS) is 10.5. The molecule has 0 spiro atoms. The molecule has 0 aliphatic carbocycles. The van der Waals surface area contributed by atoms with E-state index >= 15 is 0 Å². The number of hydrogen-bond acceptors (Lipinski definition) is 4. The highest BCUT2D eigenvalue weighted by atomic mass is 79.9. The smallest absolute Gasteiger partial charge is 0.251 e. The Kier molecular flexibility index (Phi) is 4.31. The number of benzene rings is 1. The van der Waals surface area contributed by atoms with E-state index in [-0.39, 0.29) is 5.91 Å². The zero-order chi connectivity index (χ0) is 14.0. The number of carbonyl (C=O) groups excluding carboxylic acids is 1. The van der Waals surface area contributed by atoms with E-state index in [9.17, 15) is 4.79 Å². The number of carbonyl (C=O) groups is 1. The van der Waals surface area contributed by atoms with Crippen LogP contribution in [0.25, 0.3) is 0 Å². The van der Waals surface area contributed by atoms with Gasteiger partial charge in [-0.25, -0.2) is 0 Å². The van der Waals surface area contributed by atoms with Crippen LogP contribution in [0, 0.1) is 20.8 Å². The standard InChI is InChI=1S/C13H14BrN3OS/c1-7-5-11(14)8(2)4-10(7)13(18)15-6-12-9(3)16-17-19-12/h4-5H,6H2,1-3H3,(H,15,18). The molecule has 0 saturated carbocycles. The molecule has 0 radical (unpaired) electrons. The van der Waals surface area contributed by atoms with Crippen molar-refractivity contribution in [2.45, 2.75) is 27.3 Å². The van der Waals surface area contributed by atoms with Gasteiger partial charge in [-0.2, -0.15) is 0 Å².